The van der Waals surface area contributed by atoms with Crippen LogP contribution in [0.2, 0.25) is 0 Å². The van der Waals surface area contributed by atoms with Crippen molar-refractivity contribution in [2.45, 2.75) is 13.0 Å². The zero-order valence-electron chi connectivity index (χ0n) is 10.4. The zero-order valence-corrected chi connectivity index (χ0v) is 10.4. The molecular weight excluding hydrogens is 236 g/mol. The second kappa shape index (κ2) is 4.93. The van der Waals surface area contributed by atoms with E-state index in [-0.39, 0.29) is 17.7 Å². The van der Waals surface area contributed by atoms with Gasteiger partial charge in [0.05, 0.1) is 5.92 Å². The van der Waals surface area contributed by atoms with Crippen LogP contribution in [0.15, 0.2) is 0 Å². The van der Waals surface area contributed by atoms with Gasteiger partial charge in [-0.15, -0.1) is 0 Å². The summed E-state index contributed by atoms with van der Waals surface area (Å²) in [5.74, 6) is -0.768. The molecule has 2 saturated heterocycles. The molecule has 7 nitrogen and oxygen atoms in total. The van der Waals surface area contributed by atoms with Crippen LogP contribution in [0, 0.1) is 5.92 Å². The first-order chi connectivity index (χ1) is 8.50. The number of amides is 3. The van der Waals surface area contributed by atoms with Gasteiger partial charge in [-0.1, -0.05) is 0 Å². The second-order valence-electron chi connectivity index (χ2n) is 4.77. The molecule has 3 N–H and O–H groups in total. The molecule has 2 aliphatic heterocycles. The van der Waals surface area contributed by atoms with Gasteiger partial charge in [0.25, 0.3) is 0 Å². The van der Waals surface area contributed by atoms with Gasteiger partial charge >= 0.3 is 0 Å². The van der Waals surface area contributed by atoms with E-state index in [1.165, 1.54) is 6.92 Å². The highest BCUT2D eigenvalue weighted by Crippen LogP contribution is 2.20. The predicted molar refractivity (Wildman–Crippen MR) is 63.3 cm³/mol. The molecule has 1 atom stereocenters. The van der Waals surface area contributed by atoms with E-state index in [1.807, 2.05) is 0 Å². The first-order valence-electron chi connectivity index (χ1n) is 6.06. The fourth-order valence-electron chi connectivity index (χ4n) is 2.35. The molecule has 0 radical (unpaired) electrons. The molecule has 0 aromatic carbocycles. The van der Waals surface area contributed by atoms with E-state index >= 15 is 0 Å². The summed E-state index contributed by atoms with van der Waals surface area (Å²) in [6.45, 7) is 3.94. The highest BCUT2D eigenvalue weighted by atomic mass is 16.2. The van der Waals surface area contributed by atoms with Crippen LogP contribution in [0.25, 0.3) is 0 Å². The van der Waals surface area contributed by atoms with E-state index in [1.54, 1.807) is 9.80 Å². The summed E-state index contributed by atoms with van der Waals surface area (Å²) >= 11 is 0. The van der Waals surface area contributed by atoms with Gasteiger partial charge in [-0.25, -0.2) is 0 Å². The number of rotatable bonds is 2. The molecule has 100 valence electrons. The Morgan fingerprint density at radius 1 is 1.28 bits per heavy atom. The standard InChI is InChI=1S/C11H18N4O3/c1-7(16)14-5-8(6-14)11(18)15-3-2-13-4-9(15)10(12)17/h8-9,13H,2-6H2,1H3,(H2,12,17)/t9-/m0/s1. The van der Waals surface area contributed by atoms with Crippen LogP contribution in [-0.4, -0.2) is 66.3 Å². The van der Waals surface area contributed by atoms with Crippen LogP contribution in [0.4, 0.5) is 0 Å². The molecule has 0 aliphatic carbocycles. The van der Waals surface area contributed by atoms with Crippen molar-refractivity contribution >= 4 is 17.7 Å². The van der Waals surface area contributed by atoms with Crippen LogP contribution < -0.4 is 11.1 Å². The molecule has 0 bridgehead atoms. The Labute approximate surface area is 105 Å². The Bertz CT molecular complexity index is 378. The van der Waals surface area contributed by atoms with E-state index in [0.29, 0.717) is 32.7 Å². The fraction of sp³-hybridized carbons (Fsp3) is 0.727. The summed E-state index contributed by atoms with van der Waals surface area (Å²) in [5.41, 5.74) is 5.29. The highest BCUT2D eigenvalue weighted by Gasteiger charge is 2.40. The van der Waals surface area contributed by atoms with Crippen LogP contribution >= 0.6 is 0 Å². The SMILES string of the molecule is CC(=O)N1CC(C(=O)N2CCNC[C@H]2C(N)=O)C1. The fourth-order valence-corrected chi connectivity index (χ4v) is 2.35. The van der Waals surface area contributed by atoms with Gasteiger partial charge in [-0.05, 0) is 0 Å². The number of primary amides is 1. The van der Waals surface area contributed by atoms with Crippen molar-refractivity contribution in [3.63, 3.8) is 0 Å². The summed E-state index contributed by atoms with van der Waals surface area (Å²) in [6.07, 6.45) is 0. The van der Waals surface area contributed by atoms with Crippen LogP contribution in [0.5, 0.6) is 0 Å². The number of nitrogens with two attached hydrogens (primary N) is 1. The average molecular weight is 254 g/mol. The molecule has 2 aliphatic rings. The Kier molecular flexibility index (Phi) is 3.51. The number of hydrogen-bond acceptors (Lipinski definition) is 4. The molecule has 0 aromatic rings. The third kappa shape index (κ3) is 2.31. The second-order valence-corrected chi connectivity index (χ2v) is 4.77. The topological polar surface area (TPSA) is 95.7 Å². The summed E-state index contributed by atoms with van der Waals surface area (Å²) in [5, 5.41) is 3.04. The molecule has 2 rings (SSSR count). The van der Waals surface area contributed by atoms with Crippen LogP contribution in [-0.2, 0) is 14.4 Å². The predicted octanol–water partition coefficient (Wildman–Crippen LogP) is -2.25. The minimum absolute atomic E-state index is 0.0224. The van der Waals surface area contributed by atoms with Crippen LogP contribution in [0.1, 0.15) is 6.92 Å². The van der Waals surface area contributed by atoms with Crippen molar-refractivity contribution in [3.05, 3.63) is 0 Å². The summed E-state index contributed by atoms with van der Waals surface area (Å²) in [4.78, 5) is 37.7. The molecule has 0 aromatic heterocycles. The molecule has 2 fully saturated rings. The van der Waals surface area contributed by atoms with Gasteiger partial charge in [0.1, 0.15) is 6.04 Å². The number of piperazine rings is 1. The number of carbonyl (C=O) groups excluding carboxylic acids is 3. The van der Waals surface area contributed by atoms with E-state index in [2.05, 4.69) is 5.32 Å². The number of hydrogen-bond donors (Lipinski definition) is 2. The van der Waals surface area contributed by atoms with Gasteiger partial charge in [-0.2, -0.15) is 0 Å². The number of carbonyl (C=O) groups is 3. The number of nitrogens with zero attached hydrogens (tertiary/aromatic N) is 2. The van der Waals surface area contributed by atoms with Gasteiger partial charge in [0, 0.05) is 39.6 Å². The molecule has 7 heteroatoms. The van der Waals surface area contributed by atoms with Gasteiger partial charge < -0.3 is 20.9 Å². The Morgan fingerprint density at radius 2 is 1.94 bits per heavy atom. The normalized spacial score (nSPS) is 24.6. The highest BCUT2D eigenvalue weighted by molar-refractivity contribution is 5.89. The van der Waals surface area contributed by atoms with Gasteiger partial charge in [0.15, 0.2) is 0 Å². The van der Waals surface area contributed by atoms with E-state index in [4.69, 9.17) is 5.73 Å². The van der Waals surface area contributed by atoms with Crippen LogP contribution in [0.3, 0.4) is 0 Å². The van der Waals surface area contributed by atoms with Crippen molar-refractivity contribution < 1.29 is 14.4 Å². The van der Waals surface area contributed by atoms with Crippen molar-refractivity contribution in [3.8, 4) is 0 Å². The summed E-state index contributed by atoms with van der Waals surface area (Å²) in [6, 6.07) is -0.572. The lowest BCUT2D eigenvalue weighted by atomic mass is 9.97. The monoisotopic (exact) mass is 254 g/mol. The third-order valence-electron chi connectivity index (χ3n) is 3.53. The number of nitrogens with one attached hydrogen (secondary N) is 1. The molecule has 0 saturated carbocycles. The Balaban J connectivity index is 1.96. The minimum atomic E-state index is -0.572. The van der Waals surface area contributed by atoms with Crippen molar-refractivity contribution in [2.75, 3.05) is 32.7 Å². The van der Waals surface area contributed by atoms with Crippen molar-refractivity contribution in [1.82, 2.24) is 15.1 Å². The van der Waals surface area contributed by atoms with Crippen molar-refractivity contribution in [2.24, 2.45) is 11.7 Å². The zero-order chi connectivity index (χ0) is 13.3. The third-order valence-corrected chi connectivity index (χ3v) is 3.53. The molecule has 0 spiro atoms. The molecule has 18 heavy (non-hydrogen) atoms. The van der Waals surface area contributed by atoms with Gasteiger partial charge in [0.2, 0.25) is 17.7 Å². The first-order valence-corrected chi connectivity index (χ1v) is 6.06. The van der Waals surface area contributed by atoms with E-state index < -0.39 is 11.9 Å². The maximum Gasteiger partial charge on any atom is 0.241 e. The Hall–Kier alpha value is -1.63. The largest absolute Gasteiger partial charge is 0.368 e. The summed E-state index contributed by atoms with van der Waals surface area (Å²) < 4.78 is 0. The van der Waals surface area contributed by atoms with E-state index in [9.17, 15) is 14.4 Å². The molecule has 0 unspecified atom stereocenters. The first kappa shape index (κ1) is 12.8. The lowest BCUT2D eigenvalue weighted by Crippen LogP contribution is -2.63. The van der Waals surface area contributed by atoms with Gasteiger partial charge in [-0.3, -0.25) is 14.4 Å². The smallest absolute Gasteiger partial charge is 0.241 e. The van der Waals surface area contributed by atoms with E-state index in [0.717, 1.165) is 0 Å². The lowest BCUT2D eigenvalue weighted by molar-refractivity contribution is -0.152. The Morgan fingerprint density at radius 3 is 2.50 bits per heavy atom. The lowest BCUT2D eigenvalue weighted by Gasteiger charge is -2.43. The minimum Gasteiger partial charge on any atom is -0.368 e. The maximum atomic E-state index is 12.2. The average Bonchev–Trinajstić information content (AvgIpc) is 2.26. The number of likely N-dealkylation sites (tertiary alicyclic amines) is 1. The molecule has 2 heterocycles. The maximum absolute atomic E-state index is 12.2. The molecule has 3 amide bonds. The quantitative estimate of drug-likeness (QED) is 0.582. The summed E-state index contributed by atoms with van der Waals surface area (Å²) in [7, 11) is 0. The van der Waals surface area contributed by atoms with Crippen molar-refractivity contribution in [1.29, 1.82) is 0 Å². The molecular formula is C11H18N4O3.